The Morgan fingerprint density at radius 1 is 1.31 bits per heavy atom. The number of unbranched alkanes of at least 4 members (excludes halogenated alkanes) is 2. The summed E-state index contributed by atoms with van der Waals surface area (Å²) in [5.74, 6) is -0.661. The van der Waals surface area contributed by atoms with Crippen LogP contribution in [0.25, 0.3) is 0 Å². The Morgan fingerprint density at radius 3 is 2.75 bits per heavy atom. The van der Waals surface area contributed by atoms with Crippen molar-refractivity contribution in [2.75, 3.05) is 0 Å². The highest BCUT2D eigenvalue weighted by molar-refractivity contribution is 6.03. The number of rotatable bonds is 5. The number of nitrogens with zero attached hydrogens (tertiary/aromatic N) is 1. The first kappa shape index (κ1) is 12.4. The predicted molar refractivity (Wildman–Crippen MR) is 60.9 cm³/mol. The van der Waals surface area contributed by atoms with Gasteiger partial charge in [0.05, 0.1) is 0 Å². The molecule has 0 unspecified atom stereocenters. The minimum Gasteiger partial charge on any atom is -0.291 e. The molecule has 0 radical (unpaired) electrons. The molecule has 0 fully saturated rings. The highest BCUT2D eigenvalue weighted by atomic mass is 16.2. The number of amides is 2. The Labute approximate surface area is 95.1 Å². The Bertz CT molecular complexity index is 349. The van der Waals surface area contributed by atoms with Crippen molar-refractivity contribution >= 4 is 11.8 Å². The van der Waals surface area contributed by atoms with Crippen LogP contribution in [0.2, 0.25) is 0 Å². The number of hydrogen-bond donors (Lipinski definition) is 1. The Kier molecular flexibility index (Phi) is 5.19. The van der Waals surface area contributed by atoms with Crippen molar-refractivity contribution in [3.8, 4) is 0 Å². The molecule has 0 atom stereocenters. The van der Waals surface area contributed by atoms with Crippen LogP contribution in [-0.4, -0.2) is 16.8 Å². The van der Waals surface area contributed by atoms with Crippen molar-refractivity contribution in [2.45, 2.75) is 32.6 Å². The molecule has 16 heavy (non-hydrogen) atoms. The fourth-order valence-electron chi connectivity index (χ4n) is 1.29. The van der Waals surface area contributed by atoms with Crippen LogP contribution >= 0.6 is 0 Å². The summed E-state index contributed by atoms with van der Waals surface area (Å²) >= 11 is 0. The maximum absolute atomic E-state index is 11.5. The average molecular weight is 220 g/mol. The van der Waals surface area contributed by atoms with Crippen LogP contribution < -0.4 is 5.32 Å². The first-order valence-corrected chi connectivity index (χ1v) is 5.49. The lowest BCUT2D eigenvalue weighted by Gasteiger charge is -2.02. The molecule has 0 saturated carbocycles. The van der Waals surface area contributed by atoms with Gasteiger partial charge in [0.15, 0.2) is 0 Å². The molecule has 1 rings (SSSR count). The highest BCUT2D eigenvalue weighted by Gasteiger charge is 2.10. The average Bonchev–Trinajstić information content (AvgIpc) is 2.30. The van der Waals surface area contributed by atoms with E-state index in [-0.39, 0.29) is 11.6 Å². The van der Waals surface area contributed by atoms with E-state index >= 15 is 0 Å². The zero-order chi connectivity index (χ0) is 11.8. The molecule has 0 aliphatic heterocycles. The number of pyridine rings is 1. The zero-order valence-electron chi connectivity index (χ0n) is 9.40. The largest absolute Gasteiger partial charge is 0.291 e. The topological polar surface area (TPSA) is 59.1 Å². The third-order valence-electron chi connectivity index (χ3n) is 2.16. The maximum atomic E-state index is 11.5. The SMILES string of the molecule is CCCCCC(=O)NC(=O)c1ccccn1. The monoisotopic (exact) mass is 220 g/mol. The number of imide groups is 1. The standard InChI is InChI=1S/C12H16N2O2/c1-2-3-4-8-11(15)14-12(16)10-7-5-6-9-13-10/h5-7,9H,2-4,8H2,1H3,(H,14,15,16). The van der Waals surface area contributed by atoms with Crippen LogP contribution in [0.15, 0.2) is 24.4 Å². The van der Waals surface area contributed by atoms with Crippen molar-refractivity contribution in [1.29, 1.82) is 0 Å². The summed E-state index contributed by atoms with van der Waals surface area (Å²) in [4.78, 5) is 26.7. The van der Waals surface area contributed by atoms with Crippen LogP contribution in [-0.2, 0) is 4.79 Å². The van der Waals surface area contributed by atoms with Gasteiger partial charge in [0.25, 0.3) is 5.91 Å². The summed E-state index contributed by atoms with van der Waals surface area (Å²) in [6, 6.07) is 5.01. The van der Waals surface area contributed by atoms with Gasteiger partial charge in [-0.3, -0.25) is 19.9 Å². The molecule has 2 amide bonds. The Morgan fingerprint density at radius 2 is 2.12 bits per heavy atom. The fraction of sp³-hybridized carbons (Fsp3) is 0.417. The van der Waals surface area contributed by atoms with E-state index in [1.807, 2.05) is 0 Å². The molecule has 1 heterocycles. The summed E-state index contributed by atoms with van der Waals surface area (Å²) in [6.07, 6.45) is 4.80. The fourth-order valence-corrected chi connectivity index (χ4v) is 1.29. The lowest BCUT2D eigenvalue weighted by atomic mass is 10.2. The van der Waals surface area contributed by atoms with Gasteiger partial charge in [0.1, 0.15) is 5.69 Å². The molecule has 0 aromatic carbocycles. The molecule has 1 N–H and O–H groups in total. The molecule has 4 nitrogen and oxygen atoms in total. The van der Waals surface area contributed by atoms with E-state index in [0.717, 1.165) is 19.3 Å². The second-order valence-corrected chi connectivity index (χ2v) is 3.55. The predicted octanol–water partition coefficient (Wildman–Crippen LogP) is 1.92. The van der Waals surface area contributed by atoms with E-state index in [9.17, 15) is 9.59 Å². The van der Waals surface area contributed by atoms with Gasteiger partial charge in [-0.05, 0) is 18.6 Å². The summed E-state index contributed by atoms with van der Waals surface area (Å²) in [7, 11) is 0. The molecule has 4 heteroatoms. The van der Waals surface area contributed by atoms with Gasteiger partial charge >= 0.3 is 0 Å². The molecule has 0 spiro atoms. The minimum absolute atomic E-state index is 0.232. The van der Waals surface area contributed by atoms with Crippen LogP contribution in [0.1, 0.15) is 43.1 Å². The maximum Gasteiger partial charge on any atom is 0.276 e. The summed E-state index contributed by atoms with van der Waals surface area (Å²) in [6.45, 7) is 2.07. The minimum atomic E-state index is -0.429. The highest BCUT2D eigenvalue weighted by Crippen LogP contribution is 1.99. The molecule has 1 aromatic heterocycles. The molecule has 0 aliphatic carbocycles. The molecule has 0 aliphatic rings. The third kappa shape index (κ3) is 4.21. The van der Waals surface area contributed by atoms with E-state index in [2.05, 4.69) is 17.2 Å². The smallest absolute Gasteiger partial charge is 0.276 e. The second-order valence-electron chi connectivity index (χ2n) is 3.55. The molecule has 86 valence electrons. The van der Waals surface area contributed by atoms with E-state index in [0.29, 0.717) is 6.42 Å². The zero-order valence-corrected chi connectivity index (χ0v) is 9.40. The van der Waals surface area contributed by atoms with Crippen LogP contribution in [0.4, 0.5) is 0 Å². The van der Waals surface area contributed by atoms with E-state index in [4.69, 9.17) is 0 Å². The van der Waals surface area contributed by atoms with Crippen molar-refractivity contribution in [3.05, 3.63) is 30.1 Å². The lowest BCUT2D eigenvalue weighted by molar-refractivity contribution is -0.120. The molecular weight excluding hydrogens is 204 g/mol. The van der Waals surface area contributed by atoms with Crippen molar-refractivity contribution in [1.82, 2.24) is 10.3 Å². The van der Waals surface area contributed by atoms with Gasteiger partial charge in [0.2, 0.25) is 5.91 Å². The Hall–Kier alpha value is -1.71. The molecule has 1 aromatic rings. The van der Waals surface area contributed by atoms with Gasteiger partial charge in [-0.1, -0.05) is 25.8 Å². The number of carbonyl (C=O) groups is 2. The van der Waals surface area contributed by atoms with Gasteiger partial charge in [0, 0.05) is 12.6 Å². The normalized spacial score (nSPS) is 9.81. The number of carbonyl (C=O) groups excluding carboxylic acids is 2. The molecule has 0 bridgehead atoms. The first-order chi connectivity index (χ1) is 7.74. The van der Waals surface area contributed by atoms with Gasteiger partial charge in [-0.15, -0.1) is 0 Å². The van der Waals surface area contributed by atoms with Crippen LogP contribution in [0, 0.1) is 0 Å². The van der Waals surface area contributed by atoms with Crippen molar-refractivity contribution < 1.29 is 9.59 Å². The third-order valence-corrected chi connectivity index (χ3v) is 2.16. The summed E-state index contributed by atoms with van der Waals surface area (Å²) in [5, 5.41) is 2.31. The Balaban J connectivity index is 2.37. The molecular formula is C12H16N2O2. The van der Waals surface area contributed by atoms with E-state index in [1.165, 1.54) is 6.20 Å². The van der Waals surface area contributed by atoms with Gasteiger partial charge in [-0.2, -0.15) is 0 Å². The van der Waals surface area contributed by atoms with E-state index < -0.39 is 5.91 Å². The number of nitrogens with one attached hydrogen (secondary N) is 1. The second kappa shape index (κ2) is 6.71. The van der Waals surface area contributed by atoms with Crippen molar-refractivity contribution in [3.63, 3.8) is 0 Å². The quantitative estimate of drug-likeness (QED) is 0.771. The lowest BCUT2D eigenvalue weighted by Crippen LogP contribution is -2.30. The first-order valence-electron chi connectivity index (χ1n) is 5.49. The van der Waals surface area contributed by atoms with Crippen LogP contribution in [0.3, 0.4) is 0 Å². The van der Waals surface area contributed by atoms with Crippen molar-refractivity contribution in [2.24, 2.45) is 0 Å². The summed E-state index contributed by atoms with van der Waals surface area (Å²) in [5.41, 5.74) is 0.270. The number of aromatic nitrogens is 1. The summed E-state index contributed by atoms with van der Waals surface area (Å²) < 4.78 is 0. The number of hydrogen-bond acceptors (Lipinski definition) is 3. The van der Waals surface area contributed by atoms with Crippen LogP contribution in [0.5, 0.6) is 0 Å². The van der Waals surface area contributed by atoms with Gasteiger partial charge in [-0.25, -0.2) is 0 Å². The van der Waals surface area contributed by atoms with Gasteiger partial charge < -0.3 is 0 Å². The van der Waals surface area contributed by atoms with E-state index in [1.54, 1.807) is 18.2 Å². The molecule has 0 saturated heterocycles.